The first kappa shape index (κ1) is 19.9. The van der Waals surface area contributed by atoms with E-state index in [-0.39, 0.29) is 24.3 Å². The van der Waals surface area contributed by atoms with Crippen molar-refractivity contribution in [1.82, 2.24) is 5.06 Å². The molecule has 0 bridgehead atoms. The first-order valence-corrected chi connectivity index (χ1v) is 8.23. The Bertz CT molecular complexity index is 602. The molecule has 1 rings (SSSR count). The van der Waals surface area contributed by atoms with Gasteiger partial charge >= 0.3 is 5.97 Å². The molecule has 2 amide bonds. The van der Waals surface area contributed by atoms with Crippen LogP contribution in [-0.2, 0) is 45.9 Å². The van der Waals surface area contributed by atoms with E-state index in [0.29, 0.717) is 5.56 Å². The molecule has 132 valence electrons. The Kier molecular flexibility index (Phi) is 8.24. The predicted molar refractivity (Wildman–Crippen MR) is 84.2 cm³/mol. The van der Waals surface area contributed by atoms with Crippen LogP contribution in [0.3, 0.4) is 0 Å². The molecule has 0 radical (unpaired) electrons. The number of rotatable bonds is 8. The number of imide groups is 1. The molecule has 24 heavy (non-hydrogen) atoms. The van der Waals surface area contributed by atoms with Crippen molar-refractivity contribution >= 4 is 29.4 Å². The third-order valence-corrected chi connectivity index (χ3v) is 4.27. The largest absolute Gasteiger partial charge is 0.337 e. The average molecular weight is 357 g/mol. The molecule has 0 aliphatic rings. The van der Waals surface area contributed by atoms with E-state index in [0.717, 1.165) is 12.7 Å². The third-order valence-electron chi connectivity index (χ3n) is 3.00. The van der Waals surface area contributed by atoms with Crippen LogP contribution < -0.4 is 0 Å². The Labute approximate surface area is 142 Å². The molecule has 2 atom stereocenters. The van der Waals surface area contributed by atoms with Gasteiger partial charge in [-0.25, -0.2) is 13.9 Å². The molecule has 1 aromatic carbocycles. The van der Waals surface area contributed by atoms with Gasteiger partial charge in [-0.05, 0) is 18.9 Å². The Balaban J connectivity index is 2.72. The first-order chi connectivity index (χ1) is 11.4. The molecule has 0 aliphatic heterocycles. The van der Waals surface area contributed by atoms with Crippen LogP contribution in [0.1, 0.15) is 24.5 Å². The fourth-order valence-corrected chi connectivity index (χ4v) is 2.55. The lowest BCUT2D eigenvalue weighted by molar-refractivity contribution is -0.196. The molecule has 0 saturated carbocycles. The van der Waals surface area contributed by atoms with E-state index < -0.39 is 28.2 Å². The summed E-state index contributed by atoms with van der Waals surface area (Å²) in [6.07, 6.45) is 0.0169. The van der Waals surface area contributed by atoms with E-state index in [1.54, 1.807) is 19.1 Å². The fraction of sp³-hybridized carbons (Fsp3) is 0.400. The lowest BCUT2D eigenvalue weighted by atomic mass is 10.1. The van der Waals surface area contributed by atoms with E-state index in [2.05, 4.69) is 9.22 Å². The number of hydrogen-bond donors (Lipinski definition) is 0. The molecule has 0 N–H and O–H groups in total. The van der Waals surface area contributed by atoms with Crippen LogP contribution in [0, 0.1) is 6.92 Å². The second-order valence-electron chi connectivity index (χ2n) is 4.79. The van der Waals surface area contributed by atoms with Crippen molar-refractivity contribution in [3.63, 3.8) is 0 Å². The summed E-state index contributed by atoms with van der Waals surface area (Å²) in [6, 6.07) is 7.12. The molecule has 0 heterocycles. The Morgan fingerprint density at radius 2 is 1.92 bits per heavy atom. The predicted octanol–water partition coefficient (Wildman–Crippen LogP) is 1.00. The van der Waals surface area contributed by atoms with Gasteiger partial charge in [0, 0.05) is 0 Å². The van der Waals surface area contributed by atoms with Gasteiger partial charge in [0.15, 0.2) is 11.1 Å². The maximum Gasteiger partial charge on any atom is 0.337 e. The molecular weight excluding hydrogens is 338 g/mol. The Morgan fingerprint density at radius 3 is 2.42 bits per heavy atom. The minimum atomic E-state index is -2.13. The van der Waals surface area contributed by atoms with Crippen molar-refractivity contribution in [3.05, 3.63) is 35.4 Å². The normalized spacial score (nSPS) is 13.0. The van der Waals surface area contributed by atoms with Crippen LogP contribution in [0.2, 0.25) is 0 Å². The summed E-state index contributed by atoms with van der Waals surface area (Å²) in [5, 5.41) is -0.982. The lowest BCUT2D eigenvalue weighted by Gasteiger charge is -2.18. The van der Waals surface area contributed by atoms with E-state index >= 15 is 0 Å². The van der Waals surface area contributed by atoms with E-state index in [1.165, 1.54) is 0 Å². The highest BCUT2D eigenvalue weighted by atomic mass is 32.2. The summed E-state index contributed by atoms with van der Waals surface area (Å²) in [5.74, 6) is -1.76. The standard InChI is InChI=1S/C15H19NO7S/c1-4-13(24(20)23-21-3)15(19)16(10-17)22-14(18)9-12-7-5-11(2)6-8-12/h5-8,10,13H,4,9H2,1-3H3. The monoisotopic (exact) mass is 357 g/mol. The second kappa shape index (κ2) is 9.91. The molecule has 1 aromatic rings. The number of benzene rings is 1. The molecule has 9 heteroatoms. The maximum atomic E-state index is 12.1. The molecule has 0 saturated heterocycles. The summed E-state index contributed by atoms with van der Waals surface area (Å²) in [7, 11) is 1.13. The van der Waals surface area contributed by atoms with E-state index in [4.69, 9.17) is 4.84 Å². The average Bonchev–Trinajstić information content (AvgIpc) is 2.55. The SMILES string of the molecule is CCC(C(=O)N(C=O)OC(=O)Cc1ccc(C)cc1)S(=O)OOC. The smallest absolute Gasteiger partial charge is 0.330 e. The molecule has 8 nitrogen and oxygen atoms in total. The number of carbonyl (C=O) groups excluding carboxylic acids is 3. The van der Waals surface area contributed by atoms with Crippen molar-refractivity contribution < 1.29 is 32.7 Å². The van der Waals surface area contributed by atoms with E-state index in [9.17, 15) is 18.6 Å². The van der Waals surface area contributed by atoms with Crippen molar-refractivity contribution in [2.75, 3.05) is 7.11 Å². The van der Waals surface area contributed by atoms with Crippen LogP contribution in [0.5, 0.6) is 0 Å². The van der Waals surface area contributed by atoms with Gasteiger partial charge in [0.2, 0.25) is 0 Å². The maximum absolute atomic E-state index is 12.1. The molecule has 0 spiro atoms. The van der Waals surface area contributed by atoms with Crippen LogP contribution in [-0.4, -0.2) is 39.9 Å². The van der Waals surface area contributed by atoms with Gasteiger partial charge in [-0.1, -0.05) is 36.8 Å². The van der Waals surface area contributed by atoms with Crippen molar-refractivity contribution in [3.8, 4) is 0 Å². The number of amides is 2. The highest BCUT2D eigenvalue weighted by Gasteiger charge is 2.32. The summed E-state index contributed by atoms with van der Waals surface area (Å²) >= 11 is -2.13. The van der Waals surface area contributed by atoms with Crippen LogP contribution in [0.25, 0.3) is 0 Å². The van der Waals surface area contributed by atoms with Gasteiger partial charge in [-0.3, -0.25) is 9.59 Å². The van der Waals surface area contributed by atoms with Crippen molar-refractivity contribution in [2.45, 2.75) is 31.9 Å². The van der Waals surface area contributed by atoms with Gasteiger partial charge in [-0.2, -0.15) is 0 Å². The lowest BCUT2D eigenvalue weighted by Crippen LogP contribution is -2.42. The van der Waals surface area contributed by atoms with Gasteiger partial charge in [0.1, 0.15) is 5.25 Å². The number of hydroxylamine groups is 2. The number of carbonyl (C=O) groups is 3. The highest BCUT2D eigenvalue weighted by Crippen LogP contribution is 2.10. The third kappa shape index (κ3) is 5.84. The summed E-state index contributed by atoms with van der Waals surface area (Å²) in [4.78, 5) is 44.1. The fourth-order valence-electron chi connectivity index (χ4n) is 1.78. The van der Waals surface area contributed by atoms with Gasteiger partial charge in [0.25, 0.3) is 12.3 Å². The Morgan fingerprint density at radius 1 is 1.29 bits per heavy atom. The summed E-state index contributed by atoms with van der Waals surface area (Å²) in [5.41, 5.74) is 1.70. The summed E-state index contributed by atoms with van der Waals surface area (Å²) in [6.45, 7) is 3.47. The number of nitrogens with zero attached hydrogens (tertiary/aromatic N) is 1. The zero-order valence-electron chi connectivity index (χ0n) is 13.6. The molecule has 0 aromatic heterocycles. The molecule has 0 aliphatic carbocycles. The number of aryl methyl sites for hydroxylation is 1. The van der Waals surface area contributed by atoms with Crippen molar-refractivity contribution in [1.29, 1.82) is 0 Å². The van der Waals surface area contributed by atoms with Gasteiger partial charge in [0.05, 0.1) is 13.5 Å². The zero-order valence-corrected chi connectivity index (χ0v) is 14.4. The minimum Gasteiger partial charge on any atom is -0.330 e. The molecular formula is C15H19NO7S. The topological polar surface area (TPSA) is 99.2 Å². The van der Waals surface area contributed by atoms with Gasteiger partial charge < -0.3 is 4.84 Å². The van der Waals surface area contributed by atoms with Crippen molar-refractivity contribution in [2.24, 2.45) is 0 Å². The summed E-state index contributed by atoms with van der Waals surface area (Å²) < 4.78 is 16.1. The second-order valence-corrected chi connectivity index (χ2v) is 6.01. The highest BCUT2D eigenvalue weighted by molar-refractivity contribution is 7.81. The van der Waals surface area contributed by atoms with Gasteiger partial charge in [-0.15, -0.1) is 9.40 Å². The zero-order chi connectivity index (χ0) is 18.1. The first-order valence-electron chi connectivity index (χ1n) is 7.09. The molecule has 2 unspecified atom stereocenters. The van der Waals surface area contributed by atoms with E-state index in [1.807, 2.05) is 19.1 Å². The van der Waals surface area contributed by atoms with Crippen LogP contribution in [0.15, 0.2) is 24.3 Å². The van der Waals surface area contributed by atoms with Crippen LogP contribution in [0.4, 0.5) is 0 Å². The Hall–Kier alpha value is -2.10. The quantitative estimate of drug-likeness (QED) is 0.389. The number of hydrogen-bond acceptors (Lipinski definition) is 7. The molecule has 0 fully saturated rings. The van der Waals surface area contributed by atoms with Crippen LogP contribution >= 0.6 is 0 Å². The minimum absolute atomic E-state index is 0.0437.